The molecule has 0 fully saturated rings. The minimum absolute atomic E-state index is 0.116. The zero-order valence-corrected chi connectivity index (χ0v) is 52.6. The zero-order chi connectivity index (χ0) is 57.7. The fourth-order valence-electron chi connectivity index (χ4n) is 12.5. The molecule has 0 radical (unpaired) electrons. The molecule has 3 N–H and O–H groups in total. The lowest BCUT2D eigenvalue weighted by atomic mass is 9.83. The molecule has 10 heteroatoms. The van der Waals surface area contributed by atoms with E-state index in [1.807, 2.05) is 20.8 Å². The molecule has 0 saturated carbocycles. The Bertz CT molecular complexity index is 2200. The first-order valence-corrected chi connectivity index (χ1v) is 31.5. The Morgan fingerprint density at radius 3 is 1.24 bits per heavy atom. The van der Waals surface area contributed by atoms with Gasteiger partial charge in [-0.05, 0) is 195 Å². The van der Waals surface area contributed by atoms with Gasteiger partial charge >= 0.3 is 5.97 Å². The highest BCUT2D eigenvalue weighted by molar-refractivity contribution is 5.84. The van der Waals surface area contributed by atoms with Crippen molar-refractivity contribution in [3.8, 4) is 23.0 Å². The second-order valence-corrected chi connectivity index (χ2v) is 26.7. The van der Waals surface area contributed by atoms with E-state index in [2.05, 4.69) is 101 Å². The molecule has 78 heavy (non-hydrogen) atoms. The molecule has 10 nitrogen and oxygen atoms in total. The third-order valence-electron chi connectivity index (χ3n) is 18.2. The monoisotopic (exact) mass is 1090 g/mol. The van der Waals surface area contributed by atoms with Crippen LogP contribution in [0.3, 0.4) is 0 Å². The molecule has 1 unspecified atom stereocenters. The third kappa shape index (κ3) is 21.5. The van der Waals surface area contributed by atoms with Gasteiger partial charge in [0.05, 0.1) is 0 Å². The summed E-state index contributed by atoms with van der Waals surface area (Å²) in [7, 11) is 0. The largest absolute Gasteiger partial charge is 0.487 e. The maximum absolute atomic E-state index is 13.2. The highest BCUT2D eigenvalue weighted by Crippen LogP contribution is 2.47. The SMILES string of the molecule is Cc1c(C)c2c(c(C)c1OCC(=O)NCCCCC(NC(=O)COc1c(C)c(C)c3c(c1C)CC[C@@](C)(CCC[C@H](C)CCC[C@H](C)CCCC(C)C)O3)C(=O)O)CC[C@@](C)(CCC[C@H](C)CCC[C@H](C)CCCC(C)C)O2. The summed E-state index contributed by atoms with van der Waals surface area (Å²) in [5.74, 6) is 6.23. The molecule has 2 aliphatic heterocycles. The Morgan fingerprint density at radius 2 is 0.859 bits per heavy atom. The number of carbonyl (C=O) groups excluding carboxylic acids is 2. The van der Waals surface area contributed by atoms with Gasteiger partial charge in [0.1, 0.15) is 40.2 Å². The number of hydrogen-bond donors (Lipinski definition) is 3. The normalized spacial score (nSPS) is 19.0. The quantitative estimate of drug-likeness (QED) is 0.0570. The van der Waals surface area contributed by atoms with Crippen LogP contribution in [0.2, 0.25) is 0 Å². The summed E-state index contributed by atoms with van der Waals surface area (Å²) >= 11 is 0. The smallest absolute Gasteiger partial charge is 0.326 e. The number of carboxylic acids is 1. The van der Waals surface area contributed by atoms with Crippen molar-refractivity contribution in [2.24, 2.45) is 35.5 Å². The summed E-state index contributed by atoms with van der Waals surface area (Å²) in [6.07, 6.45) is 27.9. The van der Waals surface area contributed by atoms with Gasteiger partial charge < -0.3 is 34.7 Å². The number of unbranched alkanes of at least 4 members (excludes halogenated alkanes) is 1. The first kappa shape index (κ1) is 66.6. The van der Waals surface area contributed by atoms with Gasteiger partial charge in [-0.1, -0.05) is 145 Å². The molecule has 0 spiro atoms. The maximum Gasteiger partial charge on any atom is 0.326 e. The summed E-state index contributed by atoms with van der Waals surface area (Å²) in [4.78, 5) is 38.4. The van der Waals surface area contributed by atoms with Crippen molar-refractivity contribution < 1.29 is 38.4 Å². The van der Waals surface area contributed by atoms with Crippen molar-refractivity contribution >= 4 is 17.8 Å². The highest BCUT2D eigenvalue weighted by atomic mass is 16.5. The Morgan fingerprint density at radius 1 is 0.487 bits per heavy atom. The average molecular weight is 1090 g/mol. The summed E-state index contributed by atoms with van der Waals surface area (Å²) in [5, 5.41) is 15.6. The second kappa shape index (κ2) is 32.5. The van der Waals surface area contributed by atoms with Gasteiger partial charge in [-0.3, -0.25) is 9.59 Å². The van der Waals surface area contributed by atoms with Crippen molar-refractivity contribution in [3.05, 3.63) is 44.5 Å². The number of carbonyl (C=O) groups is 3. The van der Waals surface area contributed by atoms with Crippen molar-refractivity contribution in [2.45, 2.75) is 289 Å². The van der Waals surface area contributed by atoms with Gasteiger partial charge in [0.15, 0.2) is 13.2 Å². The van der Waals surface area contributed by atoms with Crippen molar-refractivity contribution in [3.63, 3.8) is 0 Å². The number of rotatable bonds is 37. The predicted octanol–water partition coefficient (Wildman–Crippen LogP) is 16.9. The van der Waals surface area contributed by atoms with Crippen LogP contribution in [0.4, 0.5) is 0 Å². The van der Waals surface area contributed by atoms with E-state index in [9.17, 15) is 19.5 Å². The van der Waals surface area contributed by atoms with E-state index >= 15 is 0 Å². The molecule has 444 valence electrons. The average Bonchev–Trinajstić information content (AvgIpc) is 3.42. The van der Waals surface area contributed by atoms with Crippen LogP contribution in [-0.2, 0) is 27.2 Å². The van der Waals surface area contributed by atoms with Crippen LogP contribution in [0, 0.1) is 77.0 Å². The van der Waals surface area contributed by atoms with Gasteiger partial charge in [-0.15, -0.1) is 0 Å². The van der Waals surface area contributed by atoms with Crippen LogP contribution in [-0.4, -0.2) is 59.9 Å². The van der Waals surface area contributed by atoms with E-state index in [4.69, 9.17) is 18.9 Å². The van der Waals surface area contributed by atoms with E-state index in [1.165, 1.54) is 102 Å². The third-order valence-corrected chi connectivity index (χ3v) is 18.2. The lowest BCUT2D eigenvalue weighted by Crippen LogP contribution is -2.43. The van der Waals surface area contributed by atoms with Crippen molar-refractivity contribution in [1.82, 2.24) is 10.6 Å². The van der Waals surface area contributed by atoms with Crippen LogP contribution >= 0.6 is 0 Å². The molecule has 2 amide bonds. The molecule has 0 aliphatic carbocycles. The molecule has 2 aliphatic rings. The van der Waals surface area contributed by atoms with Gasteiger partial charge in [0.25, 0.3) is 11.8 Å². The number of fused-ring (bicyclic) bond motifs is 2. The summed E-state index contributed by atoms with van der Waals surface area (Å²) in [5.41, 5.74) is 7.91. The van der Waals surface area contributed by atoms with Crippen molar-refractivity contribution in [1.29, 1.82) is 0 Å². The molecule has 2 aromatic carbocycles. The Kier molecular flexibility index (Phi) is 27.7. The number of aliphatic carboxylic acids is 1. The number of ether oxygens (including phenoxy) is 4. The molecular weight excluding hydrogens is 973 g/mol. The number of carboxylic acid groups (broad SMARTS) is 1. The van der Waals surface area contributed by atoms with E-state index < -0.39 is 17.9 Å². The highest BCUT2D eigenvalue weighted by Gasteiger charge is 2.36. The summed E-state index contributed by atoms with van der Waals surface area (Å²) in [6.45, 7) is 35.8. The second-order valence-electron chi connectivity index (χ2n) is 26.7. The van der Waals surface area contributed by atoms with Crippen LogP contribution in [0.1, 0.15) is 261 Å². The summed E-state index contributed by atoms with van der Waals surface area (Å²) < 4.78 is 26.1. The van der Waals surface area contributed by atoms with Crippen LogP contribution in [0.15, 0.2) is 0 Å². The Balaban J connectivity index is 1.15. The Labute approximate surface area is 476 Å². The zero-order valence-electron chi connectivity index (χ0n) is 52.6. The van der Waals surface area contributed by atoms with Gasteiger partial charge in [-0.25, -0.2) is 4.79 Å². The fraction of sp³-hybridized carbons (Fsp3) is 0.779. The molecule has 7 atom stereocenters. The lowest BCUT2D eigenvalue weighted by Gasteiger charge is -2.38. The molecule has 4 rings (SSSR count). The van der Waals surface area contributed by atoms with Crippen LogP contribution in [0.25, 0.3) is 0 Å². The fourth-order valence-corrected chi connectivity index (χ4v) is 12.5. The maximum atomic E-state index is 13.2. The van der Waals surface area contributed by atoms with E-state index in [0.717, 1.165) is 137 Å². The first-order chi connectivity index (χ1) is 36.8. The Hall–Kier alpha value is -3.95. The number of nitrogens with one attached hydrogen (secondary N) is 2. The predicted molar refractivity (Wildman–Crippen MR) is 323 cm³/mol. The molecule has 0 bridgehead atoms. The van der Waals surface area contributed by atoms with E-state index in [0.29, 0.717) is 25.1 Å². The number of hydrogen-bond acceptors (Lipinski definition) is 7. The molecular formula is C68H114N2O8. The number of benzene rings is 2. The molecule has 0 saturated heterocycles. The topological polar surface area (TPSA) is 132 Å². The molecule has 0 aromatic heterocycles. The van der Waals surface area contributed by atoms with Crippen molar-refractivity contribution in [2.75, 3.05) is 19.8 Å². The van der Waals surface area contributed by atoms with Gasteiger partial charge in [0.2, 0.25) is 0 Å². The van der Waals surface area contributed by atoms with Gasteiger partial charge in [0, 0.05) is 17.7 Å². The lowest BCUT2D eigenvalue weighted by molar-refractivity contribution is -0.142. The number of amides is 2. The van der Waals surface area contributed by atoms with Gasteiger partial charge in [-0.2, -0.15) is 0 Å². The first-order valence-electron chi connectivity index (χ1n) is 31.5. The van der Waals surface area contributed by atoms with Crippen LogP contribution in [0.5, 0.6) is 23.0 Å². The van der Waals surface area contributed by atoms with E-state index in [1.54, 1.807) is 0 Å². The minimum Gasteiger partial charge on any atom is -0.487 e. The summed E-state index contributed by atoms with van der Waals surface area (Å²) in [6, 6.07) is -1.07. The molecule has 2 heterocycles. The van der Waals surface area contributed by atoms with E-state index in [-0.39, 0.29) is 36.7 Å². The standard InChI is InChI=1S/C68H114N2O8/c1-45(2)25-19-27-47(5)29-21-31-49(7)33-23-38-67(15)40-36-57-55(13)62(51(9)53(11)64(57)77-67)75-43-60(71)69-42-18-17-35-59(66(73)74)70-61(72)44-76-63-52(10)54(12)65-58(56(63)14)37-41-68(16,78-65)39-24-34-50(8)32-22-30-48(6)28-20-26-46(3)4/h45-50,59H,17-44H2,1-16H3,(H,69,71)(H,70,72)(H,73,74)/t47-,48-,49-,50-,59?,67-,68-/m1/s1. The molecule has 2 aromatic rings. The van der Waals surface area contributed by atoms with Crippen LogP contribution < -0.4 is 29.6 Å². The minimum atomic E-state index is -1.10.